The molecule has 0 bridgehead atoms. The number of hydrogen-bond acceptors (Lipinski definition) is 3. The summed E-state index contributed by atoms with van der Waals surface area (Å²) in [5.41, 5.74) is 5.13. The molecule has 3 amide bonds. The zero-order valence-corrected chi connectivity index (χ0v) is 13.9. The van der Waals surface area contributed by atoms with Crippen LogP contribution in [0.1, 0.15) is 68.6 Å². The van der Waals surface area contributed by atoms with Crippen molar-refractivity contribution in [3.8, 4) is 0 Å². The highest BCUT2D eigenvalue weighted by atomic mass is 16.2. The third-order valence-corrected chi connectivity index (χ3v) is 3.55. The lowest BCUT2D eigenvalue weighted by molar-refractivity contribution is 0.0936. The van der Waals surface area contributed by atoms with Crippen LogP contribution < -0.4 is 16.2 Å². The summed E-state index contributed by atoms with van der Waals surface area (Å²) < 4.78 is 0. The van der Waals surface area contributed by atoms with Crippen molar-refractivity contribution in [2.45, 2.75) is 58.3 Å². The standard InChI is InChI=1S/C17H28N4O2/c1-2-3-4-5-6-7-8-9-12-19-17(23)21-20-16(22)15-10-13-18-14-11-15/h10-11,13-14H,2-9,12H2,1H3,(H,20,22)(H2,19,21,23). The fourth-order valence-electron chi connectivity index (χ4n) is 2.19. The molecular formula is C17H28N4O2. The molecule has 0 aromatic carbocycles. The Morgan fingerprint density at radius 1 is 0.913 bits per heavy atom. The third-order valence-electron chi connectivity index (χ3n) is 3.55. The quantitative estimate of drug-likeness (QED) is 0.457. The van der Waals surface area contributed by atoms with Crippen molar-refractivity contribution in [3.63, 3.8) is 0 Å². The van der Waals surface area contributed by atoms with E-state index in [9.17, 15) is 9.59 Å². The minimum absolute atomic E-state index is 0.366. The molecule has 0 fully saturated rings. The molecule has 23 heavy (non-hydrogen) atoms. The van der Waals surface area contributed by atoms with Crippen molar-refractivity contribution < 1.29 is 9.59 Å². The molecule has 0 radical (unpaired) electrons. The summed E-state index contributed by atoms with van der Waals surface area (Å²) in [6.45, 7) is 2.84. The number of unbranched alkanes of at least 4 members (excludes halogenated alkanes) is 7. The van der Waals surface area contributed by atoms with Gasteiger partial charge in [0.2, 0.25) is 0 Å². The van der Waals surface area contributed by atoms with Crippen LogP contribution in [-0.2, 0) is 0 Å². The Kier molecular flexibility index (Phi) is 10.2. The van der Waals surface area contributed by atoms with Crippen LogP contribution in [-0.4, -0.2) is 23.5 Å². The lowest BCUT2D eigenvalue weighted by Crippen LogP contribution is -2.47. The number of nitrogens with zero attached hydrogens (tertiary/aromatic N) is 1. The van der Waals surface area contributed by atoms with Crippen LogP contribution in [0.25, 0.3) is 0 Å². The van der Waals surface area contributed by atoms with Crippen molar-refractivity contribution in [2.75, 3.05) is 6.54 Å². The Labute approximate surface area is 138 Å². The normalized spacial score (nSPS) is 10.1. The molecule has 0 saturated carbocycles. The highest BCUT2D eigenvalue weighted by molar-refractivity contribution is 5.95. The Hall–Kier alpha value is -2.11. The van der Waals surface area contributed by atoms with Crippen molar-refractivity contribution in [3.05, 3.63) is 30.1 Å². The summed E-state index contributed by atoms with van der Waals surface area (Å²) in [7, 11) is 0. The van der Waals surface area contributed by atoms with Crippen LogP contribution in [0.15, 0.2) is 24.5 Å². The average Bonchev–Trinajstić information content (AvgIpc) is 2.59. The predicted octanol–water partition coefficient (Wildman–Crippen LogP) is 3.17. The lowest BCUT2D eigenvalue weighted by Gasteiger charge is -2.09. The summed E-state index contributed by atoms with van der Waals surface area (Å²) in [6, 6.07) is 2.76. The molecule has 128 valence electrons. The number of aromatic nitrogens is 1. The molecule has 0 aliphatic carbocycles. The van der Waals surface area contributed by atoms with Crippen molar-refractivity contribution in [2.24, 2.45) is 0 Å². The molecule has 0 aliphatic heterocycles. The van der Waals surface area contributed by atoms with Crippen LogP contribution in [0, 0.1) is 0 Å². The van der Waals surface area contributed by atoms with Gasteiger partial charge in [-0.1, -0.05) is 51.9 Å². The smallest absolute Gasteiger partial charge is 0.333 e. The molecule has 0 unspecified atom stereocenters. The summed E-state index contributed by atoms with van der Waals surface area (Å²) in [5.74, 6) is -0.366. The zero-order valence-electron chi connectivity index (χ0n) is 13.9. The minimum atomic E-state index is -0.393. The third kappa shape index (κ3) is 9.50. The van der Waals surface area contributed by atoms with Gasteiger partial charge in [0.05, 0.1) is 0 Å². The topological polar surface area (TPSA) is 83.1 Å². The molecule has 6 nitrogen and oxygen atoms in total. The van der Waals surface area contributed by atoms with E-state index in [1.807, 2.05) is 0 Å². The molecule has 6 heteroatoms. The van der Waals surface area contributed by atoms with E-state index < -0.39 is 6.03 Å². The van der Waals surface area contributed by atoms with E-state index >= 15 is 0 Å². The van der Waals surface area contributed by atoms with Crippen molar-refractivity contribution >= 4 is 11.9 Å². The molecule has 0 aliphatic rings. The highest BCUT2D eigenvalue weighted by Gasteiger charge is 2.05. The van der Waals surface area contributed by atoms with E-state index in [0.717, 1.165) is 12.8 Å². The average molecular weight is 320 g/mol. The molecule has 0 spiro atoms. The van der Waals surface area contributed by atoms with Crippen LogP contribution in [0.4, 0.5) is 4.79 Å². The second-order valence-corrected chi connectivity index (χ2v) is 5.55. The van der Waals surface area contributed by atoms with E-state index in [0.29, 0.717) is 12.1 Å². The molecule has 0 saturated heterocycles. The summed E-state index contributed by atoms with van der Waals surface area (Å²) in [6.07, 6.45) is 12.9. The number of nitrogens with one attached hydrogen (secondary N) is 3. The Bertz CT molecular complexity index is 451. The van der Waals surface area contributed by atoms with Gasteiger partial charge < -0.3 is 5.32 Å². The molecule has 1 rings (SSSR count). The van der Waals surface area contributed by atoms with Crippen LogP contribution >= 0.6 is 0 Å². The first-order valence-electron chi connectivity index (χ1n) is 8.48. The summed E-state index contributed by atoms with van der Waals surface area (Å²) in [4.78, 5) is 27.1. The fourth-order valence-corrected chi connectivity index (χ4v) is 2.19. The van der Waals surface area contributed by atoms with Gasteiger partial charge in [0.25, 0.3) is 5.91 Å². The number of rotatable bonds is 10. The van der Waals surface area contributed by atoms with Gasteiger partial charge in [-0.2, -0.15) is 0 Å². The van der Waals surface area contributed by atoms with Gasteiger partial charge in [0, 0.05) is 24.5 Å². The molecule has 1 aromatic heterocycles. The van der Waals surface area contributed by atoms with Crippen molar-refractivity contribution in [1.29, 1.82) is 0 Å². The summed E-state index contributed by atoms with van der Waals surface area (Å²) >= 11 is 0. The first-order valence-corrected chi connectivity index (χ1v) is 8.48. The van der Waals surface area contributed by atoms with Crippen LogP contribution in [0.2, 0.25) is 0 Å². The molecule has 1 heterocycles. The van der Waals surface area contributed by atoms with Gasteiger partial charge in [-0.25, -0.2) is 10.2 Å². The number of carbonyl (C=O) groups is 2. The largest absolute Gasteiger partial charge is 0.337 e. The van der Waals surface area contributed by atoms with E-state index in [4.69, 9.17) is 0 Å². The fraction of sp³-hybridized carbons (Fsp3) is 0.588. The first-order chi connectivity index (χ1) is 11.2. The van der Waals surface area contributed by atoms with Crippen LogP contribution in [0.3, 0.4) is 0 Å². The van der Waals surface area contributed by atoms with Gasteiger partial charge in [-0.3, -0.25) is 15.2 Å². The van der Waals surface area contributed by atoms with Crippen molar-refractivity contribution in [1.82, 2.24) is 21.2 Å². The van der Waals surface area contributed by atoms with Gasteiger partial charge >= 0.3 is 6.03 Å². The number of urea groups is 1. The maximum absolute atomic E-state index is 11.7. The second-order valence-electron chi connectivity index (χ2n) is 5.55. The molecule has 0 atom stereocenters. The van der Waals surface area contributed by atoms with E-state index in [1.54, 1.807) is 12.1 Å². The number of amides is 3. The second kappa shape index (κ2) is 12.4. The summed E-state index contributed by atoms with van der Waals surface area (Å²) in [5, 5.41) is 2.72. The predicted molar refractivity (Wildman–Crippen MR) is 90.8 cm³/mol. The number of hydrogen-bond donors (Lipinski definition) is 3. The molecular weight excluding hydrogens is 292 g/mol. The minimum Gasteiger partial charge on any atom is -0.337 e. The first kappa shape index (κ1) is 18.9. The van der Waals surface area contributed by atoms with Gasteiger partial charge in [-0.05, 0) is 18.6 Å². The van der Waals surface area contributed by atoms with E-state index in [2.05, 4.69) is 28.1 Å². The highest BCUT2D eigenvalue weighted by Crippen LogP contribution is 2.07. The number of hydrazine groups is 1. The van der Waals surface area contributed by atoms with Gasteiger partial charge in [0.1, 0.15) is 0 Å². The zero-order chi connectivity index (χ0) is 16.8. The van der Waals surface area contributed by atoms with Crippen LogP contribution in [0.5, 0.6) is 0 Å². The SMILES string of the molecule is CCCCCCCCCCNC(=O)NNC(=O)c1ccncc1. The van der Waals surface area contributed by atoms with E-state index in [1.165, 1.54) is 50.9 Å². The lowest BCUT2D eigenvalue weighted by atomic mass is 10.1. The van der Waals surface area contributed by atoms with Gasteiger partial charge in [0.15, 0.2) is 0 Å². The maximum Gasteiger partial charge on any atom is 0.333 e. The molecule has 3 N–H and O–H groups in total. The van der Waals surface area contributed by atoms with E-state index in [-0.39, 0.29) is 5.91 Å². The number of carbonyl (C=O) groups excluding carboxylic acids is 2. The molecule has 1 aromatic rings. The Balaban J connectivity index is 1.97. The number of pyridine rings is 1. The monoisotopic (exact) mass is 320 g/mol. The Morgan fingerprint density at radius 3 is 2.17 bits per heavy atom. The van der Waals surface area contributed by atoms with Gasteiger partial charge in [-0.15, -0.1) is 0 Å². The Morgan fingerprint density at radius 2 is 1.52 bits per heavy atom. The maximum atomic E-state index is 11.7.